The van der Waals surface area contributed by atoms with Gasteiger partial charge >= 0.3 is 12.0 Å². The monoisotopic (exact) mass is 468 g/mol. The summed E-state index contributed by atoms with van der Waals surface area (Å²) in [5.74, 6) is -0.354. The Bertz CT molecular complexity index is 882. The molecular weight excluding hydrogens is 428 g/mol. The van der Waals surface area contributed by atoms with Gasteiger partial charge in [-0.25, -0.2) is 9.59 Å². The quantitative estimate of drug-likeness (QED) is 0.274. The van der Waals surface area contributed by atoms with Gasteiger partial charge in [0.05, 0.1) is 7.11 Å². The van der Waals surface area contributed by atoms with Crippen molar-refractivity contribution in [2.75, 3.05) is 32.2 Å². The normalized spacial score (nSPS) is 11.6. The van der Waals surface area contributed by atoms with Crippen molar-refractivity contribution in [2.45, 2.75) is 64.9 Å². The Morgan fingerprint density at radius 2 is 1.68 bits per heavy atom. The van der Waals surface area contributed by atoms with E-state index in [2.05, 4.69) is 12.2 Å². The average Bonchev–Trinajstić information content (AvgIpc) is 2.87. The molecule has 0 heterocycles. The summed E-state index contributed by atoms with van der Waals surface area (Å²) in [4.78, 5) is 26.2. The largest absolute Gasteiger partial charge is 0.467 e. The zero-order valence-corrected chi connectivity index (χ0v) is 21.1. The first-order chi connectivity index (χ1) is 16.5. The van der Waals surface area contributed by atoms with Gasteiger partial charge in [0.25, 0.3) is 0 Å². The fourth-order valence-electron chi connectivity index (χ4n) is 3.70. The molecule has 2 amide bonds. The van der Waals surface area contributed by atoms with Crippen LogP contribution >= 0.6 is 0 Å². The van der Waals surface area contributed by atoms with Crippen molar-refractivity contribution in [1.82, 2.24) is 5.32 Å². The Hall–Kier alpha value is -2.86. The number of esters is 1. The highest BCUT2D eigenvalue weighted by molar-refractivity contribution is 5.92. The Labute approximate surface area is 204 Å². The zero-order chi connectivity index (χ0) is 24.8. The third-order valence-electron chi connectivity index (χ3n) is 5.79. The highest BCUT2D eigenvalue weighted by atomic mass is 16.6. The fraction of sp³-hybridized carbons (Fsp3) is 0.500. The van der Waals surface area contributed by atoms with E-state index in [9.17, 15) is 9.59 Å². The molecule has 0 saturated carbocycles. The molecule has 0 aliphatic carbocycles. The molecule has 0 saturated heterocycles. The number of methoxy groups -OCH3 is 1. The van der Waals surface area contributed by atoms with Gasteiger partial charge in [0.1, 0.15) is 0 Å². The maximum atomic E-state index is 12.5. The Kier molecular flexibility index (Phi) is 12.2. The smallest absolute Gasteiger partial charge is 0.335 e. The zero-order valence-electron chi connectivity index (χ0n) is 21.1. The molecule has 186 valence electrons. The molecule has 0 radical (unpaired) electrons. The summed E-state index contributed by atoms with van der Waals surface area (Å²) in [7, 11) is 3.17. The number of amides is 2. The van der Waals surface area contributed by atoms with Crippen molar-refractivity contribution in [3.63, 3.8) is 0 Å². The van der Waals surface area contributed by atoms with Crippen LogP contribution in [-0.2, 0) is 20.7 Å². The second-order valence-electron chi connectivity index (χ2n) is 8.54. The summed E-state index contributed by atoms with van der Waals surface area (Å²) in [5.41, 5.74) is 3.90. The molecule has 0 spiro atoms. The molecule has 0 fully saturated rings. The SMILES string of the molecule is CCCCCCCNC(=O)N(C)c1cccc(-c2ccc(C[C@H](OCCC)C(=O)OC)cc2)c1. The number of nitrogens with one attached hydrogen (secondary N) is 1. The summed E-state index contributed by atoms with van der Waals surface area (Å²) >= 11 is 0. The predicted octanol–water partition coefficient (Wildman–Crippen LogP) is 5.98. The molecular formula is C28H40N2O4. The van der Waals surface area contributed by atoms with E-state index in [4.69, 9.17) is 9.47 Å². The molecule has 0 unspecified atom stereocenters. The number of hydrogen-bond donors (Lipinski definition) is 1. The van der Waals surface area contributed by atoms with Crippen LogP contribution in [0.1, 0.15) is 57.9 Å². The van der Waals surface area contributed by atoms with Crippen molar-refractivity contribution in [3.8, 4) is 11.1 Å². The fourth-order valence-corrected chi connectivity index (χ4v) is 3.70. The first-order valence-electron chi connectivity index (χ1n) is 12.4. The van der Waals surface area contributed by atoms with Crippen molar-refractivity contribution in [2.24, 2.45) is 0 Å². The van der Waals surface area contributed by atoms with Crippen LogP contribution < -0.4 is 10.2 Å². The number of anilines is 1. The maximum Gasteiger partial charge on any atom is 0.335 e. The highest BCUT2D eigenvalue weighted by Gasteiger charge is 2.20. The molecule has 0 bridgehead atoms. The van der Waals surface area contributed by atoms with Crippen LogP contribution in [0.2, 0.25) is 0 Å². The second-order valence-corrected chi connectivity index (χ2v) is 8.54. The molecule has 34 heavy (non-hydrogen) atoms. The third kappa shape index (κ3) is 8.82. The molecule has 6 heteroatoms. The lowest BCUT2D eigenvalue weighted by Gasteiger charge is -2.19. The van der Waals surface area contributed by atoms with E-state index in [0.717, 1.165) is 41.6 Å². The number of nitrogens with zero attached hydrogens (tertiary/aromatic N) is 1. The van der Waals surface area contributed by atoms with Gasteiger partial charge in [-0.15, -0.1) is 0 Å². The van der Waals surface area contributed by atoms with Gasteiger partial charge in [0, 0.05) is 32.3 Å². The maximum absolute atomic E-state index is 12.5. The number of urea groups is 1. The lowest BCUT2D eigenvalue weighted by atomic mass is 10.0. The van der Waals surface area contributed by atoms with Crippen molar-refractivity contribution in [1.29, 1.82) is 0 Å². The van der Waals surface area contributed by atoms with Gasteiger partial charge < -0.3 is 14.8 Å². The van der Waals surface area contributed by atoms with E-state index in [1.807, 2.05) is 55.5 Å². The first-order valence-corrected chi connectivity index (χ1v) is 12.4. The predicted molar refractivity (Wildman–Crippen MR) is 138 cm³/mol. The summed E-state index contributed by atoms with van der Waals surface area (Å²) < 4.78 is 10.5. The summed E-state index contributed by atoms with van der Waals surface area (Å²) in [5, 5.41) is 3.01. The van der Waals surface area contributed by atoms with Crippen LogP contribution in [0.3, 0.4) is 0 Å². The number of unbranched alkanes of at least 4 members (excludes halogenated alkanes) is 4. The molecule has 2 rings (SSSR count). The minimum atomic E-state index is -0.599. The van der Waals surface area contributed by atoms with E-state index >= 15 is 0 Å². The Balaban J connectivity index is 1.99. The van der Waals surface area contributed by atoms with E-state index in [1.165, 1.54) is 26.4 Å². The summed E-state index contributed by atoms with van der Waals surface area (Å²) in [6.07, 6.45) is 6.55. The lowest BCUT2D eigenvalue weighted by Crippen LogP contribution is -2.37. The minimum absolute atomic E-state index is 0.0936. The lowest BCUT2D eigenvalue weighted by molar-refractivity contribution is -0.154. The molecule has 1 atom stereocenters. The summed E-state index contributed by atoms with van der Waals surface area (Å²) in [6.45, 7) is 5.42. The van der Waals surface area contributed by atoms with Crippen LogP contribution in [0.5, 0.6) is 0 Å². The van der Waals surface area contributed by atoms with Crippen molar-refractivity contribution < 1.29 is 19.1 Å². The number of carbonyl (C=O) groups is 2. The Morgan fingerprint density at radius 1 is 0.941 bits per heavy atom. The van der Waals surface area contributed by atoms with E-state index in [0.29, 0.717) is 19.6 Å². The number of hydrogen-bond acceptors (Lipinski definition) is 4. The molecule has 0 aliphatic heterocycles. The molecule has 0 aromatic heterocycles. The molecule has 2 aromatic carbocycles. The van der Waals surface area contributed by atoms with E-state index in [1.54, 1.807) is 11.9 Å². The van der Waals surface area contributed by atoms with Gasteiger partial charge in [-0.3, -0.25) is 4.90 Å². The molecule has 1 N–H and O–H groups in total. The standard InChI is InChI=1S/C28H40N2O4/c1-5-7-8-9-10-18-29-28(32)30(3)25-13-11-12-24(21-25)23-16-14-22(15-17-23)20-26(27(31)33-4)34-19-6-2/h11-17,21,26H,5-10,18-20H2,1-4H3,(H,29,32)/t26-/m0/s1. The van der Waals surface area contributed by atoms with Gasteiger partial charge in [0.15, 0.2) is 6.10 Å². The Morgan fingerprint density at radius 3 is 2.35 bits per heavy atom. The van der Waals surface area contributed by atoms with Crippen LogP contribution in [0.25, 0.3) is 11.1 Å². The number of carbonyl (C=O) groups excluding carboxylic acids is 2. The van der Waals surface area contributed by atoms with Crippen LogP contribution in [0.4, 0.5) is 10.5 Å². The van der Waals surface area contributed by atoms with E-state index in [-0.39, 0.29) is 12.0 Å². The van der Waals surface area contributed by atoms with Gasteiger partial charge in [-0.2, -0.15) is 0 Å². The van der Waals surface area contributed by atoms with E-state index < -0.39 is 6.10 Å². The number of ether oxygens (including phenoxy) is 2. The highest BCUT2D eigenvalue weighted by Crippen LogP contribution is 2.25. The van der Waals surface area contributed by atoms with Crippen LogP contribution in [0.15, 0.2) is 48.5 Å². The van der Waals surface area contributed by atoms with Gasteiger partial charge in [-0.1, -0.05) is 75.9 Å². The second kappa shape index (κ2) is 15.1. The minimum Gasteiger partial charge on any atom is -0.467 e. The van der Waals surface area contributed by atoms with Gasteiger partial charge in [-0.05, 0) is 41.7 Å². The molecule has 0 aliphatic rings. The number of rotatable bonds is 14. The van der Waals surface area contributed by atoms with Gasteiger partial charge in [0.2, 0.25) is 0 Å². The average molecular weight is 469 g/mol. The van der Waals surface area contributed by atoms with Crippen molar-refractivity contribution >= 4 is 17.7 Å². The number of benzene rings is 2. The molecule has 6 nitrogen and oxygen atoms in total. The topological polar surface area (TPSA) is 67.9 Å². The van der Waals surface area contributed by atoms with Crippen LogP contribution in [0, 0.1) is 0 Å². The summed E-state index contributed by atoms with van der Waals surface area (Å²) in [6, 6.07) is 15.9. The molecule has 2 aromatic rings. The van der Waals surface area contributed by atoms with Crippen molar-refractivity contribution in [3.05, 3.63) is 54.1 Å². The third-order valence-corrected chi connectivity index (χ3v) is 5.79. The first kappa shape index (κ1) is 27.4. The van der Waals surface area contributed by atoms with Crippen LogP contribution in [-0.4, -0.2) is 45.4 Å².